The van der Waals surface area contributed by atoms with E-state index in [2.05, 4.69) is 20.7 Å². The van der Waals surface area contributed by atoms with Gasteiger partial charge in [0.25, 0.3) is 0 Å². The van der Waals surface area contributed by atoms with Gasteiger partial charge in [0, 0.05) is 15.6 Å². The summed E-state index contributed by atoms with van der Waals surface area (Å²) in [5.41, 5.74) is 1.46. The second kappa shape index (κ2) is 9.11. The van der Waals surface area contributed by atoms with Crippen LogP contribution in [-0.2, 0) is 11.3 Å². The van der Waals surface area contributed by atoms with Crippen molar-refractivity contribution in [3.05, 3.63) is 52.0 Å². The average molecular weight is 436 g/mol. The number of nitrogens with one attached hydrogen (secondary N) is 1. The van der Waals surface area contributed by atoms with Crippen LogP contribution in [0.1, 0.15) is 18.5 Å². The van der Waals surface area contributed by atoms with Gasteiger partial charge in [0.15, 0.2) is 11.5 Å². The Bertz CT molecular complexity index is 1020. The number of aromatic nitrogens is 4. The summed E-state index contributed by atoms with van der Waals surface area (Å²) in [6.45, 7) is 1.74. The van der Waals surface area contributed by atoms with E-state index in [0.29, 0.717) is 32.9 Å². The van der Waals surface area contributed by atoms with Crippen molar-refractivity contribution in [2.24, 2.45) is 0 Å². The molecule has 0 saturated carbocycles. The van der Waals surface area contributed by atoms with E-state index in [1.807, 2.05) is 6.92 Å². The predicted octanol–water partition coefficient (Wildman–Crippen LogP) is 3.54. The van der Waals surface area contributed by atoms with E-state index in [-0.39, 0.29) is 18.5 Å². The number of rotatable bonds is 7. The molecule has 1 N–H and O–H groups in total. The molecule has 0 aliphatic heterocycles. The van der Waals surface area contributed by atoms with Crippen LogP contribution in [0.25, 0.3) is 11.4 Å². The molecule has 0 spiro atoms. The molecule has 3 aromatic rings. The maximum Gasteiger partial charge on any atom is 0.244 e. The maximum absolute atomic E-state index is 12.4. The van der Waals surface area contributed by atoms with Crippen molar-refractivity contribution < 1.29 is 14.3 Å². The van der Waals surface area contributed by atoms with Gasteiger partial charge in [-0.3, -0.25) is 4.79 Å². The highest BCUT2D eigenvalue weighted by Gasteiger charge is 2.16. The van der Waals surface area contributed by atoms with Crippen molar-refractivity contribution in [3.63, 3.8) is 0 Å². The minimum atomic E-state index is -0.305. The standard InChI is InChI=1S/C19H19Cl2N5O3/c1-11(14-6-5-13(20)9-15(14)21)22-18(27)10-26-24-19(23-25-26)12-4-7-16(28-2)17(8-12)29-3/h4-9,11H,10H2,1-3H3,(H,22,27). The van der Waals surface area contributed by atoms with Crippen molar-refractivity contribution in [3.8, 4) is 22.9 Å². The number of ether oxygens (including phenoxy) is 2. The van der Waals surface area contributed by atoms with Crippen molar-refractivity contribution in [1.29, 1.82) is 0 Å². The summed E-state index contributed by atoms with van der Waals surface area (Å²) in [5, 5.41) is 16.1. The molecule has 1 unspecified atom stereocenters. The summed E-state index contributed by atoms with van der Waals surface area (Å²) in [5.74, 6) is 1.23. The molecule has 152 valence electrons. The molecule has 1 aromatic heterocycles. The fraction of sp³-hybridized carbons (Fsp3) is 0.263. The molecule has 0 fully saturated rings. The Morgan fingerprint density at radius 3 is 2.59 bits per heavy atom. The SMILES string of the molecule is COc1ccc(-c2nnn(CC(=O)NC(C)c3ccc(Cl)cc3Cl)n2)cc1OC. The van der Waals surface area contributed by atoms with Crippen LogP contribution < -0.4 is 14.8 Å². The first-order valence-corrected chi connectivity index (χ1v) is 9.41. The van der Waals surface area contributed by atoms with E-state index in [1.165, 1.54) is 4.80 Å². The average Bonchev–Trinajstić information content (AvgIpc) is 3.15. The molecule has 2 aromatic carbocycles. The van der Waals surface area contributed by atoms with Gasteiger partial charge >= 0.3 is 0 Å². The lowest BCUT2D eigenvalue weighted by atomic mass is 10.1. The van der Waals surface area contributed by atoms with Crippen molar-refractivity contribution in [2.75, 3.05) is 14.2 Å². The van der Waals surface area contributed by atoms with Gasteiger partial charge in [0.05, 0.1) is 20.3 Å². The smallest absolute Gasteiger partial charge is 0.244 e. The first kappa shape index (κ1) is 20.9. The molecule has 0 radical (unpaired) electrons. The van der Waals surface area contributed by atoms with Gasteiger partial charge < -0.3 is 14.8 Å². The Labute approximate surface area is 177 Å². The van der Waals surface area contributed by atoms with E-state index in [9.17, 15) is 4.79 Å². The van der Waals surface area contributed by atoms with E-state index < -0.39 is 0 Å². The van der Waals surface area contributed by atoms with Crippen molar-refractivity contribution in [1.82, 2.24) is 25.5 Å². The summed E-state index contributed by atoms with van der Waals surface area (Å²) in [7, 11) is 3.10. The van der Waals surface area contributed by atoms with Gasteiger partial charge in [-0.25, -0.2) is 0 Å². The third kappa shape index (κ3) is 4.96. The maximum atomic E-state index is 12.4. The van der Waals surface area contributed by atoms with Gasteiger partial charge in [0.1, 0.15) is 6.54 Å². The Hall–Kier alpha value is -2.84. The number of carbonyl (C=O) groups is 1. The molecule has 1 amide bonds. The summed E-state index contributed by atoms with van der Waals surface area (Å²) < 4.78 is 10.5. The molecule has 3 rings (SSSR count). The largest absolute Gasteiger partial charge is 0.493 e. The van der Waals surface area contributed by atoms with Crippen molar-refractivity contribution >= 4 is 29.1 Å². The van der Waals surface area contributed by atoms with E-state index >= 15 is 0 Å². The van der Waals surface area contributed by atoms with Crippen LogP contribution in [-0.4, -0.2) is 40.3 Å². The lowest BCUT2D eigenvalue weighted by Crippen LogP contribution is -2.31. The highest BCUT2D eigenvalue weighted by Crippen LogP contribution is 2.30. The van der Waals surface area contributed by atoms with Gasteiger partial charge in [-0.15, -0.1) is 10.2 Å². The summed E-state index contributed by atoms with van der Waals surface area (Å²) in [6, 6.07) is 10.1. The molecule has 0 bridgehead atoms. The number of amides is 1. The zero-order valence-electron chi connectivity index (χ0n) is 16.0. The number of tetrazole rings is 1. The highest BCUT2D eigenvalue weighted by atomic mass is 35.5. The Balaban J connectivity index is 1.67. The lowest BCUT2D eigenvalue weighted by Gasteiger charge is -2.15. The third-order valence-corrected chi connectivity index (χ3v) is 4.75. The van der Waals surface area contributed by atoms with Crippen molar-refractivity contribution in [2.45, 2.75) is 19.5 Å². The molecular weight excluding hydrogens is 417 g/mol. The predicted molar refractivity (Wildman–Crippen MR) is 109 cm³/mol. The molecule has 29 heavy (non-hydrogen) atoms. The molecule has 0 aliphatic rings. The summed E-state index contributed by atoms with van der Waals surface area (Å²) in [6.07, 6.45) is 0. The number of benzene rings is 2. The molecule has 10 heteroatoms. The van der Waals surface area contributed by atoms with E-state index in [4.69, 9.17) is 32.7 Å². The quantitative estimate of drug-likeness (QED) is 0.609. The lowest BCUT2D eigenvalue weighted by molar-refractivity contribution is -0.122. The molecule has 1 heterocycles. The number of carbonyl (C=O) groups excluding carboxylic acids is 1. The van der Waals surface area contributed by atoms with Gasteiger partial charge in [-0.1, -0.05) is 29.3 Å². The fourth-order valence-corrected chi connectivity index (χ4v) is 3.32. The Kier molecular flexibility index (Phi) is 6.56. The number of hydrogen-bond acceptors (Lipinski definition) is 6. The van der Waals surface area contributed by atoms with Gasteiger partial charge in [0.2, 0.25) is 11.7 Å². The minimum absolute atomic E-state index is 0.0875. The molecule has 8 nitrogen and oxygen atoms in total. The first-order chi connectivity index (χ1) is 13.9. The monoisotopic (exact) mass is 435 g/mol. The van der Waals surface area contributed by atoms with Crippen LogP contribution in [0.3, 0.4) is 0 Å². The van der Waals surface area contributed by atoms with Gasteiger partial charge in [-0.2, -0.15) is 4.80 Å². The molecular formula is C19H19Cl2N5O3. The van der Waals surface area contributed by atoms with Crippen LogP contribution >= 0.6 is 23.2 Å². The molecule has 1 atom stereocenters. The number of halogens is 2. The molecule has 0 aliphatic carbocycles. The minimum Gasteiger partial charge on any atom is -0.493 e. The topological polar surface area (TPSA) is 91.2 Å². The fourth-order valence-electron chi connectivity index (χ4n) is 2.75. The van der Waals surface area contributed by atoms with Crippen LogP contribution in [0.2, 0.25) is 10.0 Å². The van der Waals surface area contributed by atoms with Crippen LogP contribution in [0, 0.1) is 0 Å². The molecule has 0 saturated heterocycles. The van der Waals surface area contributed by atoms with Crippen LogP contribution in [0.4, 0.5) is 0 Å². The van der Waals surface area contributed by atoms with Gasteiger partial charge in [-0.05, 0) is 48.0 Å². The summed E-state index contributed by atoms with van der Waals surface area (Å²) in [4.78, 5) is 13.6. The zero-order chi connectivity index (χ0) is 21.0. The van der Waals surface area contributed by atoms with E-state index in [1.54, 1.807) is 50.6 Å². The third-order valence-electron chi connectivity index (χ3n) is 4.19. The van der Waals surface area contributed by atoms with Crippen LogP contribution in [0.5, 0.6) is 11.5 Å². The number of methoxy groups -OCH3 is 2. The highest BCUT2D eigenvalue weighted by molar-refractivity contribution is 6.35. The Morgan fingerprint density at radius 1 is 1.14 bits per heavy atom. The Morgan fingerprint density at radius 2 is 1.90 bits per heavy atom. The number of nitrogens with zero attached hydrogens (tertiary/aromatic N) is 4. The van der Waals surface area contributed by atoms with Crippen LogP contribution in [0.15, 0.2) is 36.4 Å². The number of hydrogen-bond donors (Lipinski definition) is 1. The second-order valence-corrected chi connectivity index (χ2v) is 7.01. The summed E-state index contributed by atoms with van der Waals surface area (Å²) >= 11 is 12.1. The van der Waals surface area contributed by atoms with E-state index in [0.717, 1.165) is 5.56 Å². The first-order valence-electron chi connectivity index (χ1n) is 8.65. The normalized spacial score (nSPS) is 11.8. The zero-order valence-corrected chi connectivity index (χ0v) is 17.5. The second-order valence-electron chi connectivity index (χ2n) is 6.17.